The molecule has 1 unspecified atom stereocenters. The summed E-state index contributed by atoms with van der Waals surface area (Å²) in [4.78, 5) is 11.0. The van der Waals surface area contributed by atoms with E-state index in [1.165, 1.54) is 0 Å². The Morgan fingerprint density at radius 1 is 1.64 bits per heavy atom. The first-order valence-electron chi connectivity index (χ1n) is 5.03. The molecule has 78 valence electrons. The van der Waals surface area contributed by atoms with Gasteiger partial charge in [-0.25, -0.2) is 4.68 Å². The van der Waals surface area contributed by atoms with Crippen LogP contribution >= 0.6 is 0 Å². The number of carbonyl (C=O) groups excluding carboxylic acids is 1. The molecule has 1 aromatic rings. The van der Waals surface area contributed by atoms with E-state index in [-0.39, 0.29) is 11.7 Å². The van der Waals surface area contributed by atoms with E-state index in [0.717, 1.165) is 18.7 Å². The maximum absolute atomic E-state index is 11.0. The number of aryl methyl sites for hydroxylation is 1. The van der Waals surface area contributed by atoms with Gasteiger partial charge < -0.3 is 4.79 Å². The molecular weight excluding hydrogens is 178 g/mol. The maximum Gasteiger partial charge on any atom is 0.130 e. The number of rotatable bonds is 5. The molecule has 0 radical (unpaired) electrons. The second kappa shape index (κ2) is 4.88. The maximum atomic E-state index is 11.0. The van der Waals surface area contributed by atoms with Crippen LogP contribution < -0.4 is 0 Å². The van der Waals surface area contributed by atoms with Gasteiger partial charge in [-0.3, -0.25) is 0 Å². The van der Waals surface area contributed by atoms with E-state index in [1.807, 2.05) is 11.6 Å². The smallest absolute Gasteiger partial charge is 0.130 e. The number of hydrogen-bond acceptors (Lipinski definition) is 3. The Bertz CT molecular complexity index is 306. The van der Waals surface area contributed by atoms with Crippen LogP contribution in [0, 0.1) is 0 Å². The van der Waals surface area contributed by atoms with Crippen molar-refractivity contribution in [3.63, 3.8) is 0 Å². The van der Waals surface area contributed by atoms with Gasteiger partial charge >= 0.3 is 0 Å². The number of ketones is 1. The van der Waals surface area contributed by atoms with E-state index < -0.39 is 0 Å². The minimum atomic E-state index is 0.210. The largest absolute Gasteiger partial charge is 0.300 e. The van der Waals surface area contributed by atoms with Gasteiger partial charge in [0, 0.05) is 18.9 Å². The van der Waals surface area contributed by atoms with Crippen molar-refractivity contribution in [1.29, 1.82) is 0 Å². The lowest BCUT2D eigenvalue weighted by atomic mass is 10.0. The predicted molar refractivity (Wildman–Crippen MR) is 54.0 cm³/mol. The fraction of sp³-hybridized carbons (Fsp3) is 0.700. The molecule has 0 amide bonds. The summed E-state index contributed by atoms with van der Waals surface area (Å²) < 4.78 is 1.88. The zero-order valence-corrected chi connectivity index (χ0v) is 9.03. The van der Waals surface area contributed by atoms with Crippen molar-refractivity contribution in [2.24, 2.45) is 0 Å². The van der Waals surface area contributed by atoms with Gasteiger partial charge in [0.2, 0.25) is 0 Å². The summed E-state index contributed by atoms with van der Waals surface area (Å²) in [6, 6.07) is 0. The van der Waals surface area contributed by atoms with Crippen LogP contribution in [0.1, 0.15) is 45.2 Å². The molecule has 0 aromatic carbocycles. The summed E-state index contributed by atoms with van der Waals surface area (Å²) in [5, 5.41) is 7.86. The summed E-state index contributed by atoms with van der Waals surface area (Å²) in [5.41, 5.74) is 1.06. The van der Waals surface area contributed by atoms with Crippen LogP contribution in [0.15, 0.2) is 6.20 Å². The third-order valence-electron chi connectivity index (χ3n) is 2.18. The molecule has 14 heavy (non-hydrogen) atoms. The fourth-order valence-electron chi connectivity index (χ4n) is 1.57. The van der Waals surface area contributed by atoms with Crippen molar-refractivity contribution >= 4 is 5.78 Å². The first-order chi connectivity index (χ1) is 6.65. The van der Waals surface area contributed by atoms with Crippen molar-refractivity contribution in [2.45, 2.75) is 46.1 Å². The highest BCUT2D eigenvalue weighted by Gasteiger charge is 2.13. The average Bonchev–Trinajstić information content (AvgIpc) is 2.51. The zero-order valence-electron chi connectivity index (χ0n) is 9.03. The molecule has 1 aromatic heterocycles. The first-order valence-corrected chi connectivity index (χ1v) is 5.03. The predicted octanol–water partition coefficient (Wildman–Crippen LogP) is 1.77. The molecule has 0 aliphatic heterocycles. The van der Waals surface area contributed by atoms with Crippen LogP contribution in [0.4, 0.5) is 0 Å². The SMILES string of the molecule is CCCn1nncc1C(C)CC(C)=O. The van der Waals surface area contributed by atoms with Crippen molar-refractivity contribution in [3.8, 4) is 0 Å². The summed E-state index contributed by atoms with van der Waals surface area (Å²) >= 11 is 0. The van der Waals surface area contributed by atoms with E-state index in [9.17, 15) is 4.79 Å². The van der Waals surface area contributed by atoms with E-state index in [2.05, 4.69) is 17.2 Å². The van der Waals surface area contributed by atoms with Gasteiger partial charge in [-0.15, -0.1) is 5.10 Å². The molecule has 1 rings (SSSR count). The summed E-state index contributed by atoms with van der Waals surface area (Å²) in [6.07, 6.45) is 3.35. The molecular formula is C10H17N3O. The number of aromatic nitrogens is 3. The molecule has 0 saturated carbocycles. The molecule has 0 N–H and O–H groups in total. The zero-order chi connectivity index (χ0) is 10.6. The van der Waals surface area contributed by atoms with E-state index in [1.54, 1.807) is 13.1 Å². The molecule has 0 fully saturated rings. The fourth-order valence-corrected chi connectivity index (χ4v) is 1.57. The summed E-state index contributed by atoms with van der Waals surface area (Å²) in [5.74, 6) is 0.427. The molecule has 4 nitrogen and oxygen atoms in total. The quantitative estimate of drug-likeness (QED) is 0.719. The molecule has 4 heteroatoms. The van der Waals surface area contributed by atoms with Crippen molar-refractivity contribution in [3.05, 3.63) is 11.9 Å². The monoisotopic (exact) mass is 195 g/mol. The second-order valence-electron chi connectivity index (χ2n) is 3.69. The third kappa shape index (κ3) is 2.65. The number of hydrogen-bond donors (Lipinski definition) is 0. The van der Waals surface area contributed by atoms with Crippen molar-refractivity contribution < 1.29 is 4.79 Å². The van der Waals surface area contributed by atoms with Crippen LogP contribution in [-0.2, 0) is 11.3 Å². The minimum absolute atomic E-state index is 0.210. The van der Waals surface area contributed by atoms with Gasteiger partial charge in [-0.1, -0.05) is 19.1 Å². The molecule has 0 aliphatic carbocycles. The molecule has 0 aliphatic rings. The van der Waals surface area contributed by atoms with E-state index in [4.69, 9.17) is 0 Å². The molecule has 0 saturated heterocycles. The number of nitrogens with zero attached hydrogens (tertiary/aromatic N) is 3. The Kier molecular flexibility index (Phi) is 3.80. The second-order valence-corrected chi connectivity index (χ2v) is 3.69. The number of Topliss-reactive ketones (excluding diaryl/α,β-unsaturated/α-hetero) is 1. The highest BCUT2D eigenvalue weighted by Crippen LogP contribution is 2.17. The Balaban J connectivity index is 2.72. The Morgan fingerprint density at radius 2 is 2.36 bits per heavy atom. The van der Waals surface area contributed by atoms with Crippen LogP contribution in [0.2, 0.25) is 0 Å². The molecule has 1 atom stereocenters. The molecule has 0 spiro atoms. The molecule has 0 bridgehead atoms. The topological polar surface area (TPSA) is 47.8 Å². The number of carbonyl (C=O) groups is 1. The van der Waals surface area contributed by atoms with Gasteiger partial charge in [0.25, 0.3) is 0 Å². The van der Waals surface area contributed by atoms with E-state index >= 15 is 0 Å². The average molecular weight is 195 g/mol. The standard InChI is InChI=1S/C10H17N3O/c1-4-5-13-10(7-11-12-13)8(2)6-9(3)14/h7-8H,4-6H2,1-3H3. The lowest BCUT2D eigenvalue weighted by Crippen LogP contribution is -2.09. The van der Waals surface area contributed by atoms with Crippen LogP contribution in [0.5, 0.6) is 0 Å². The minimum Gasteiger partial charge on any atom is -0.300 e. The van der Waals surface area contributed by atoms with Crippen LogP contribution in [0.3, 0.4) is 0 Å². The van der Waals surface area contributed by atoms with Crippen LogP contribution in [-0.4, -0.2) is 20.8 Å². The van der Waals surface area contributed by atoms with Crippen molar-refractivity contribution in [2.75, 3.05) is 0 Å². The summed E-state index contributed by atoms with van der Waals surface area (Å²) in [6.45, 7) is 6.62. The normalized spacial score (nSPS) is 12.8. The Hall–Kier alpha value is -1.19. The highest BCUT2D eigenvalue weighted by molar-refractivity contribution is 5.76. The van der Waals surface area contributed by atoms with Gasteiger partial charge in [0.1, 0.15) is 5.78 Å². The first kappa shape index (κ1) is 10.9. The van der Waals surface area contributed by atoms with Gasteiger partial charge in [-0.05, 0) is 13.3 Å². The summed E-state index contributed by atoms with van der Waals surface area (Å²) in [7, 11) is 0. The Morgan fingerprint density at radius 3 is 2.93 bits per heavy atom. The lowest BCUT2D eigenvalue weighted by Gasteiger charge is -2.10. The third-order valence-corrected chi connectivity index (χ3v) is 2.18. The van der Waals surface area contributed by atoms with Gasteiger partial charge in [-0.2, -0.15) is 0 Å². The lowest BCUT2D eigenvalue weighted by molar-refractivity contribution is -0.117. The van der Waals surface area contributed by atoms with Gasteiger partial charge in [0.15, 0.2) is 0 Å². The van der Waals surface area contributed by atoms with E-state index in [0.29, 0.717) is 6.42 Å². The van der Waals surface area contributed by atoms with Crippen molar-refractivity contribution in [1.82, 2.24) is 15.0 Å². The Labute approximate surface area is 84.3 Å². The molecule has 1 heterocycles. The highest BCUT2D eigenvalue weighted by atomic mass is 16.1. The van der Waals surface area contributed by atoms with Gasteiger partial charge in [0.05, 0.1) is 11.9 Å². The van der Waals surface area contributed by atoms with Crippen LogP contribution in [0.25, 0.3) is 0 Å².